The molecule has 0 spiro atoms. The van der Waals surface area contributed by atoms with Gasteiger partial charge in [-0.3, -0.25) is 14.4 Å². The van der Waals surface area contributed by atoms with Crippen LogP contribution in [0.25, 0.3) is 6.08 Å². The molecule has 92 heavy (non-hydrogen) atoms. The van der Waals surface area contributed by atoms with Crippen LogP contribution in [0, 0.1) is 45.8 Å². The number of nitrogens with one attached hydrogen (secondary N) is 3. The summed E-state index contributed by atoms with van der Waals surface area (Å²) in [5, 5.41) is 92.3. The lowest BCUT2D eigenvalue weighted by molar-refractivity contribution is -0.125. The zero-order chi connectivity index (χ0) is 67.8. The molecule has 0 bridgehead atoms. The molecule has 9 N–H and O–H groups in total. The Hall–Kier alpha value is -5.67. The van der Waals surface area contributed by atoms with Gasteiger partial charge >= 0.3 is 0 Å². The van der Waals surface area contributed by atoms with Crippen LogP contribution in [0.5, 0.6) is 0 Å². The molecular formula is C67H80Br3N9O9S4. The van der Waals surface area contributed by atoms with E-state index in [1.165, 1.54) is 29.6 Å². The Morgan fingerprint density at radius 3 is 1.25 bits per heavy atom. The average molecular weight is 1520 g/mol. The van der Waals surface area contributed by atoms with Crippen LogP contribution < -0.4 is 16.0 Å². The summed E-state index contributed by atoms with van der Waals surface area (Å²) in [5.74, 6) is -2.45. The molecule has 0 saturated carbocycles. The van der Waals surface area contributed by atoms with Crippen molar-refractivity contribution in [2.75, 3.05) is 36.2 Å². The third-order valence-electron chi connectivity index (χ3n) is 13.4. The highest BCUT2D eigenvalue weighted by Gasteiger charge is 2.35. The molecule has 11 atom stereocenters. The van der Waals surface area contributed by atoms with Crippen LogP contribution in [0.2, 0.25) is 0 Å². The second kappa shape index (κ2) is 46.4. The molecule has 0 fully saturated rings. The lowest BCUT2D eigenvalue weighted by Gasteiger charge is -2.26. The number of carbonyl (C=O) groups is 3. The van der Waals surface area contributed by atoms with Gasteiger partial charge in [0.1, 0.15) is 37.3 Å². The molecule has 3 amide bonds. The van der Waals surface area contributed by atoms with E-state index in [0.29, 0.717) is 36.6 Å². The van der Waals surface area contributed by atoms with Gasteiger partial charge in [-0.1, -0.05) is 149 Å². The number of benzene rings is 3. The van der Waals surface area contributed by atoms with Gasteiger partial charge < -0.3 is 46.6 Å². The van der Waals surface area contributed by atoms with Crippen molar-refractivity contribution in [1.82, 2.24) is 30.9 Å². The van der Waals surface area contributed by atoms with E-state index in [4.69, 9.17) is 15.3 Å². The maximum Gasteiger partial charge on any atom is 0.262 e. The van der Waals surface area contributed by atoms with E-state index >= 15 is 0 Å². The maximum atomic E-state index is 13.3. The Morgan fingerprint density at radius 2 is 0.913 bits per heavy atom. The number of aliphatic hydroxyl groups excluding tert-OH is 6. The highest BCUT2D eigenvalue weighted by atomic mass is 79.9. The van der Waals surface area contributed by atoms with E-state index < -0.39 is 52.7 Å². The largest absolute Gasteiger partial charge is 0.394 e. The molecule has 0 aliphatic carbocycles. The summed E-state index contributed by atoms with van der Waals surface area (Å²) >= 11 is 20.1. The lowest BCUT2D eigenvalue weighted by atomic mass is 9.98. The summed E-state index contributed by atoms with van der Waals surface area (Å²) in [7, 11) is 0. The number of thioether (sulfide) groups is 2. The number of aromatic nitrogens is 3. The Bertz CT molecular complexity index is 3280. The van der Waals surface area contributed by atoms with Crippen molar-refractivity contribution in [2.45, 2.75) is 112 Å². The molecule has 3 aromatic carbocycles. The highest BCUT2D eigenvalue weighted by Crippen LogP contribution is 2.38. The van der Waals surface area contributed by atoms with Gasteiger partial charge in [-0.2, -0.15) is 41.0 Å². The summed E-state index contributed by atoms with van der Waals surface area (Å²) in [6, 6.07) is 50.8. The fourth-order valence-corrected chi connectivity index (χ4v) is 12.6. The number of nitriles is 3. The predicted octanol–water partition coefficient (Wildman–Crippen LogP) is 11.5. The highest BCUT2D eigenvalue weighted by molar-refractivity contribution is 9.11. The van der Waals surface area contributed by atoms with Crippen molar-refractivity contribution in [1.29, 1.82) is 15.8 Å². The smallest absolute Gasteiger partial charge is 0.262 e. The van der Waals surface area contributed by atoms with Gasteiger partial charge in [0.15, 0.2) is 0 Å². The summed E-state index contributed by atoms with van der Waals surface area (Å²) in [5.41, 5.74) is 4.71. The van der Waals surface area contributed by atoms with Gasteiger partial charge in [0.05, 0.1) is 95.5 Å². The zero-order valence-corrected chi connectivity index (χ0v) is 59.4. The number of carbonyl (C=O) groups excluding carboxylic acids is 3. The minimum atomic E-state index is -1.04. The normalized spacial score (nSPS) is 14.5. The summed E-state index contributed by atoms with van der Waals surface area (Å²) in [4.78, 5) is 52.0. The van der Waals surface area contributed by atoms with E-state index in [1.807, 2.05) is 111 Å². The number of pyridine rings is 3. The van der Waals surface area contributed by atoms with E-state index in [2.05, 4.69) is 123 Å². The maximum absolute atomic E-state index is 13.3. The van der Waals surface area contributed by atoms with Crippen molar-refractivity contribution in [3.8, 4) is 18.2 Å². The molecular weight excluding hydrogens is 1440 g/mol. The van der Waals surface area contributed by atoms with Crippen LogP contribution in [0.3, 0.4) is 0 Å². The summed E-state index contributed by atoms with van der Waals surface area (Å²) < 4.78 is 1.84. The van der Waals surface area contributed by atoms with Crippen LogP contribution in [0.4, 0.5) is 0 Å². The number of halogens is 3. The third kappa shape index (κ3) is 29.3. The quantitative estimate of drug-likeness (QED) is 0.00834. The molecule has 6 rings (SSSR count). The Morgan fingerprint density at radius 1 is 0.522 bits per heavy atom. The van der Waals surface area contributed by atoms with Crippen LogP contribution in [0.1, 0.15) is 122 Å². The Kier molecular flexibility index (Phi) is 40.7. The standard InChI is InChI=1S/C23H28BrN3O3S2.C22H26BrN3O3S.C19H18BrN3O.C3H8O2S/c1-2-7-17(15-8-4-3-5-9-15)27-23(30)16(12-25)22(18-10-6-11-21(24)26-18)32-14-20(29)19(28)13-31;1-2-7-18(15-8-4-3-5-9-15)26-22(29)17(12-24)21(30-14-16(28)13-27)19-10-6-11-20(23)25-19;1-2-7-17(14-8-4-3-5-9-14)23-19(24)15(13-21)12-16-10-6-11-18(20)22-16;4-1-3(5)2-6/h3-6,8-11,16-17,19-20,22,28-29,31H,2,7,13-14H2,1H3,(H,27,30);3-6,8-11,16-18,21,27-28H,2,7,13-14H2,1H3,(H,26,29);3-6,8-12,17H,2,7H2,1H3,(H,23,24);3-6H,1-2H2/b;;15-12+;/t16?,17-,19-,20-,22?;16?,17?,18-,21?;17-;/m000./s1. The van der Waals surface area contributed by atoms with Gasteiger partial charge in [-0.25, -0.2) is 15.0 Å². The minimum Gasteiger partial charge on any atom is -0.394 e. The molecule has 25 heteroatoms. The van der Waals surface area contributed by atoms with Crippen molar-refractivity contribution in [3.63, 3.8) is 0 Å². The van der Waals surface area contributed by atoms with Crippen LogP contribution >= 0.6 is 96.6 Å². The molecule has 492 valence electrons. The second-order valence-corrected chi connectivity index (χ2v) is 26.0. The third-order valence-corrected chi connectivity index (χ3v) is 18.3. The van der Waals surface area contributed by atoms with Gasteiger partial charge in [0.25, 0.3) is 5.91 Å². The lowest BCUT2D eigenvalue weighted by Crippen LogP contribution is -2.36. The molecule has 0 aliphatic rings. The zero-order valence-electron chi connectivity index (χ0n) is 51.2. The first kappa shape index (κ1) is 80.6. The first-order valence-electron chi connectivity index (χ1n) is 29.6. The monoisotopic (exact) mass is 1520 g/mol. The Labute approximate surface area is 584 Å². The number of nitrogens with zero attached hydrogens (tertiary/aromatic N) is 6. The predicted molar refractivity (Wildman–Crippen MR) is 381 cm³/mol. The SMILES string of the molecule is CCC[C@H](NC(=O)/C(C#N)=C/c1cccc(Br)n1)c1ccccc1.CCC[C@H](NC(=O)C(C#N)C(SCC(O)CO)c1cccc(Br)n1)c1ccccc1.CCC[C@H](NC(=O)C(C#N)C(SC[C@H](O)[C@@H](O)CS)c1cccc(Br)n1)c1ccccc1.OCC(O)CS. The number of hydrogen-bond donors (Lipinski definition) is 11. The minimum absolute atomic E-state index is 0.0395. The topological polar surface area (TPSA) is 319 Å². The summed E-state index contributed by atoms with van der Waals surface area (Å²) in [6.45, 7) is 5.58. The van der Waals surface area contributed by atoms with Crippen molar-refractivity contribution in [2.24, 2.45) is 11.8 Å². The first-order valence-corrected chi connectivity index (χ1v) is 35.3. The number of aliphatic hydroxyl groups is 6. The van der Waals surface area contributed by atoms with Crippen molar-refractivity contribution in [3.05, 3.63) is 199 Å². The van der Waals surface area contributed by atoms with Crippen LogP contribution in [-0.2, 0) is 14.4 Å². The number of rotatable bonds is 31. The van der Waals surface area contributed by atoms with E-state index in [-0.39, 0.29) is 66.0 Å². The van der Waals surface area contributed by atoms with E-state index in [9.17, 15) is 45.5 Å². The molecule has 0 saturated heterocycles. The fraction of sp³-hybridized carbons (Fsp3) is 0.388. The van der Waals surface area contributed by atoms with Gasteiger partial charge in [0, 0.05) is 23.0 Å². The molecule has 18 nitrogen and oxygen atoms in total. The van der Waals surface area contributed by atoms with E-state index in [1.54, 1.807) is 54.6 Å². The van der Waals surface area contributed by atoms with E-state index in [0.717, 1.165) is 55.2 Å². The van der Waals surface area contributed by atoms with Crippen molar-refractivity contribution >= 4 is 120 Å². The van der Waals surface area contributed by atoms with Gasteiger partial charge in [0.2, 0.25) is 11.8 Å². The average Bonchev–Trinajstić information content (AvgIpc) is 1.11. The second-order valence-electron chi connectivity index (χ2n) is 20.5. The molecule has 3 heterocycles. The van der Waals surface area contributed by atoms with Crippen LogP contribution in [0.15, 0.2) is 165 Å². The van der Waals surface area contributed by atoms with Crippen molar-refractivity contribution < 1.29 is 45.0 Å². The van der Waals surface area contributed by atoms with Gasteiger partial charge in [-0.15, -0.1) is 23.5 Å². The number of amides is 3. The molecule has 6 aromatic rings. The molecule has 0 aliphatic heterocycles. The summed E-state index contributed by atoms with van der Waals surface area (Å²) in [6.07, 6.45) is 2.86. The van der Waals surface area contributed by atoms with Gasteiger partial charge in [-0.05, 0) is 126 Å². The van der Waals surface area contributed by atoms with Crippen LogP contribution in [-0.4, -0.2) is 124 Å². The molecule has 6 unspecified atom stereocenters. The number of hydrogen-bond acceptors (Lipinski definition) is 19. The Balaban J connectivity index is 0.000000347. The molecule has 3 aromatic heterocycles. The fourth-order valence-electron chi connectivity index (χ4n) is 8.61. The number of thiol groups is 2. The molecule has 0 radical (unpaired) electrons. The first-order chi connectivity index (χ1) is 44.3.